The largest absolute Gasteiger partial charge is 0.368 e. The molecule has 0 bridgehead atoms. The second kappa shape index (κ2) is 6.66. The topological polar surface area (TPSA) is 91.5 Å². The minimum atomic E-state index is -1.21. The molecule has 0 aliphatic carbocycles. The van der Waals surface area contributed by atoms with Crippen molar-refractivity contribution in [1.29, 1.82) is 0 Å². The van der Waals surface area contributed by atoms with Crippen LogP contribution in [0.5, 0.6) is 0 Å². The number of hydrogen-bond donors (Lipinski definition) is 3. The number of nitrogens with zero attached hydrogens (tertiary/aromatic N) is 2. The van der Waals surface area contributed by atoms with Crippen LogP contribution in [0.3, 0.4) is 0 Å². The van der Waals surface area contributed by atoms with Gasteiger partial charge in [-0.25, -0.2) is 5.84 Å². The molecule has 4 N–H and O–H groups in total. The van der Waals surface area contributed by atoms with Crippen molar-refractivity contribution in [3.63, 3.8) is 0 Å². The number of aliphatic hydroxyl groups excluding tert-OH is 1. The number of nitrogens with one attached hydrogen (secondary N) is 1. The maximum atomic E-state index is 12.6. The van der Waals surface area contributed by atoms with Crippen molar-refractivity contribution < 1.29 is 9.90 Å². The smallest absolute Gasteiger partial charge is 0.256 e. The van der Waals surface area contributed by atoms with E-state index in [-0.39, 0.29) is 5.57 Å². The van der Waals surface area contributed by atoms with Crippen molar-refractivity contribution >= 4 is 17.2 Å². The summed E-state index contributed by atoms with van der Waals surface area (Å²) in [4.78, 5) is 16.5. The fraction of sp³-hybridized carbons (Fsp3) is 0.111. The molecule has 6 nitrogen and oxygen atoms in total. The second-order valence-electron chi connectivity index (χ2n) is 5.56. The second-order valence-corrected chi connectivity index (χ2v) is 5.56. The number of anilines is 1. The summed E-state index contributed by atoms with van der Waals surface area (Å²) in [6, 6.07) is 11.1. The van der Waals surface area contributed by atoms with E-state index in [2.05, 4.69) is 10.3 Å². The number of hydrogen-bond acceptors (Lipinski definition) is 5. The Morgan fingerprint density at radius 1 is 1.29 bits per heavy atom. The molecule has 24 heavy (non-hydrogen) atoms. The quantitative estimate of drug-likeness (QED) is 0.750. The molecule has 2 aromatic rings. The van der Waals surface area contributed by atoms with Gasteiger partial charge in [0.15, 0.2) is 6.23 Å². The van der Waals surface area contributed by atoms with Crippen molar-refractivity contribution in [3.05, 3.63) is 77.8 Å². The van der Waals surface area contributed by atoms with E-state index in [1.165, 1.54) is 0 Å². The first kappa shape index (κ1) is 15.9. The zero-order chi connectivity index (χ0) is 17.1. The zero-order valence-electron chi connectivity index (χ0n) is 13.2. The summed E-state index contributed by atoms with van der Waals surface area (Å²) >= 11 is 0. The number of rotatable bonds is 3. The molecule has 0 fully saturated rings. The summed E-state index contributed by atoms with van der Waals surface area (Å²) in [5.74, 6) is 5.42. The van der Waals surface area contributed by atoms with Crippen molar-refractivity contribution in [3.8, 4) is 0 Å². The summed E-state index contributed by atoms with van der Waals surface area (Å²) in [5, 5.41) is 14.1. The lowest BCUT2D eigenvalue weighted by Crippen LogP contribution is -2.43. The Bertz CT molecular complexity index is 815. The van der Waals surface area contributed by atoms with E-state index in [9.17, 15) is 9.90 Å². The predicted octanol–water partition coefficient (Wildman–Crippen LogP) is 1.80. The summed E-state index contributed by atoms with van der Waals surface area (Å²) in [7, 11) is 0. The number of hydrazine groups is 1. The number of nitrogens with two attached hydrogens (primary N) is 1. The van der Waals surface area contributed by atoms with E-state index >= 15 is 0 Å². The van der Waals surface area contributed by atoms with E-state index in [1.807, 2.05) is 37.3 Å². The fourth-order valence-electron chi connectivity index (χ4n) is 2.48. The van der Waals surface area contributed by atoms with Gasteiger partial charge < -0.3 is 10.4 Å². The highest BCUT2D eigenvalue weighted by Crippen LogP contribution is 2.25. The van der Waals surface area contributed by atoms with Gasteiger partial charge in [-0.1, -0.05) is 12.1 Å². The molecule has 6 heteroatoms. The molecule has 1 atom stereocenters. The van der Waals surface area contributed by atoms with Gasteiger partial charge in [0, 0.05) is 24.3 Å². The van der Waals surface area contributed by atoms with E-state index in [0.29, 0.717) is 5.69 Å². The van der Waals surface area contributed by atoms with Crippen molar-refractivity contribution in [2.45, 2.75) is 13.2 Å². The maximum Gasteiger partial charge on any atom is 0.256 e. The van der Waals surface area contributed by atoms with Crippen LogP contribution in [0.15, 0.2) is 66.6 Å². The van der Waals surface area contributed by atoms with Gasteiger partial charge in [0.05, 0.1) is 5.57 Å². The van der Waals surface area contributed by atoms with E-state index in [0.717, 1.165) is 21.7 Å². The molecule has 1 aromatic carbocycles. The highest BCUT2D eigenvalue weighted by molar-refractivity contribution is 6.06. The predicted molar refractivity (Wildman–Crippen MR) is 92.1 cm³/mol. The number of allylic oxidation sites excluding steroid dienone is 2. The van der Waals surface area contributed by atoms with E-state index < -0.39 is 12.1 Å². The van der Waals surface area contributed by atoms with Gasteiger partial charge in [-0.3, -0.25) is 14.8 Å². The number of amides is 1. The highest BCUT2D eigenvalue weighted by atomic mass is 16.3. The average Bonchev–Trinajstić information content (AvgIpc) is 2.58. The van der Waals surface area contributed by atoms with E-state index in [1.54, 1.807) is 30.7 Å². The lowest BCUT2D eigenvalue weighted by Gasteiger charge is -2.28. The first-order valence-electron chi connectivity index (χ1n) is 7.47. The number of carbonyl (C=O) groups excluding carboxylic acids is 1. The Hall–Kier alpha value is -2.96. The van der Waals surface area contributed by atoms with Crippen molar-refractivity contribution in [2.24, 2.45) is 5.84 Å². The molecule has 2 heterocycles. The number of aromatic nitrogens is 1. The Balaban J connectivity index is 1.88. The van der Waals surface area contributed by atoms with Crippen LogP contribution in [0, 0.1) is 6.92 Å². The van der Waals surface area contributed by atoms with E-state index in [4.69, 9.17) is 5.84 Å². The van der Waals surface area contributed by atoms with Crippen LogP contribution in [-0.4, -0.2) is 27.2 Å². The zero-order valence-corrected chi connectivity index (χ0v) is 13.2. The van der Waals surface area contributed by atoms with Crippen LogP contribution in [0.2, 0.25) is 0 Å². The molecule has 122 valence electrons. The summed E-state index contributed by atoms with van der Waals surface area (Å²) < 4.78 is 0. The van der Waals surface area contributed by atoms with Crippen molar-refractivity contribution in [2.75, 3.05) is 5.32 Å². The molecular weight excluding hydrogens is 304 g/mol. The number of pyridine rings is 1. The van der Waals surface area contributed by atoms with Gasteiger partial charge in [0.25, 0.3) is 5.91 Å². The Morgan fingerprint density at radius 3 is 2.75 bits per heavy atom. The average molecular weight is 322 g/mol. The van der Waals surface area contributed by atoms with Gasteiger partial charge in [-0.05, 0) is 54.0 Å². The Labute approximate surface area is 139 Å². The van der Waals surface area contributed by atoms with Gasteiger partial charge in [0.2, 0.25) is 0 Å². The Kier molecular flexibility index (Phi) is 4.41. The summed E-state index contributed by atoms with van der Waals surface area (Å²) in [6.45, 7) is 1.94. The summed E-state index contributed by atoms with van der Waals surface area (Å²) in [5.41, 5.74) is 3.45. The first-order valence-corrected chi connectivity index (χ1v) is 7.47. The monoisotopic (exact) mass is 322 g/mol. The van der Waals surface area contributed by atoms with Gasteiger partial charge in [-0.2, -0.15) is 0 Å². The third-order valence-electron chi connectivity index (χ3n) is 3.71. The minimum Gasteiger partial charge on any atom is -0.368 e. The lowest BCUT2D eigenvalue weighted by molar-refractivity contribution is -0.114. The third kappa shape index (κ3) is 3.34. The molecule has 1 aliphatic rings. The molecule has 1 aliphatic heterocycles. The summed E-state index contributed by atoms with van der Waals surface area (Å²) in [6.07, 6.45) is 5.32. The highest BCUT2D eigenvalue weighted by Gasteiger charge is 2.26. The van der Waals surface area contributed by atoms with Crippen LogP contribution in [0.25, 0.3) is 5.57 Å². The van der Waals surface area contributed by atoms with Crippen LogP contribution in [-0.2, 0) is 4.79 Å². The Morgan fingerprint density at radius 2 is 2.04 bits per heavy atom. The van der Waals surface area contributed by atoms with Crippen molar-refractivity contribution in [1.82, 2.24) is 9.99 Å². The number of aliphatic hydroxyl groups is 1. The molecule has 0 spiro atoms. The van der Waals surface area contributed by atoms with Gasteiger partial charge in [-0.15, -0.1) is 0 Å². The fourth-order valence-corrected chi connectivity index (χ4v) is 2.48. The lowest BCUT2D eigenvalue weighted by atomic mass is 10.0. The van der Waals surface area contributed by atoms with Crippen LogP contribution in [0.1, 0.15) is 11.1 Å². The standard InChI is InChI=1S/C18H18N4O2/c1-12-3-2-4-15(9-12)21-17(23)16-10-14(11-22(19)18(16)24)13-5-7-20-8-6-13/h2-11,18,24H,19H2,1H3,(H,21,23)/t18-/m0/s1. The van der Waals surface area contributed by atoms with Gasteiger partial charge in [0.1, 0.15) is 0 Å². The molecular formula is C18H18N4O2. The molecule has 0 saturated heterocycles. The van der Waals surface area contributed by atoms with Gasteiger partial charge >= 0.3 is 0 Å². The number of carbonyl (C=O) groups is 1. The number of aryl methyl sites for hydroxylation is 1. The molecule has 0 saturated carbocycles. The third-order valence-corrected chi connectivity index (χ3v) is 3.71. The van der Waals surface area contributed by atoms with Crippen LogP contribution in [0.4, 0.5) is 5.69 Å². The maximum absolute atomic E-state index is 12.6. The minimum absolute atomic E-state index is 0.174. The molecule has 0 radical (unpaired) electrons. The molecule has 0 unspecified atom stereocenters. The molecule has 1 amide bonds. The molecule has 1 aromatic heterocycles. The first-order chi connectivity index (χ1) is 11.5. The molecule has 3 rings (SSSR count). The van der Waals surface area contributed by atoms with Crippen LogP contribution < -0.4 is 11.2 Å². The number of benzene rings is 1. The van der Waals surface area contributed by atoms with Crippen LogP contribution >= 0.6 is 0 Å². The normalized spacial score (nSPS) is 17.1. The SMILES string of the molecule is Cc1cccc(NC(=O)C2=CC(c3ccncc3)=CN(N)[C@H]2O)c1.